The first-order valence-corrected chi connectivity index (χ1v) is 28.6. The molecular formula is C41H67N7O19P3S-5. The molecule has 6 N–H and O–H groups in total. The van der Waals surface area contributed by atoms with Crippen molar-refractivity contribution in [1.29, 1.82) is 0 Å². The Hall–Kier alpha value is -2.97. The zero-order valence-corrected chi connectivity index (χ0v) is 44.1. The average molecular weight is 1090 g/mol. The average Bonchev–Trinajstić information content (AvgIpc) is 3.82. The Morgan fingerprint density at radius 1 is 0.887 bits per heavy atom. The molecule has 406 valence electrons. The van der Waals surface area contributed by atoms with Crippen LogP contribution in [0.4, 0.5) is 5.82 Å². The smallest absolute Gasteiger partial charge is 0.274 e. The zero-order valence-electron chi connectivity index (χ0n) is 40.6. The first kappa shape index (κ1) is 62.3. The quantitative estimate of drug-likeness (QED) is 0.0466. The van der Waals surface area contributed by atoms with Crippen molar-refractivity contribution in [2.75, 3.05) is 37.8 Å². The number of phosphoric acid groups is 3. The largest absolute Gasteiger partial charge is 0.790 e. The summed E-state index contributed by atoms with van der Waals surface area (Å²) < 4.78 is 60.9. The van der Waals surface area contributed by atoms with Crippen molar-refractivity contribution >= 4 is 75.1 Å². The number of anilines is 1. The molecule has 1 saturated heterocycles. The summed E-state index contributed by atoms with van der Waals surface area (Å²) in [6, 6.07) is 0. The highest BCUT2D eigenvalue weighted by atomic mass is 32.2. The van der Waals surface area contributed by atoms with Crippen molar-refractivity contribution in [3.8, 4) is 0 Å². The van der Waals surface area contributed by atoms with Crippen molar-refractivity contribution < 1.29 is 90.4 Å². The second kappa shape index (κ2) is 28.6. The number of ether oxygens (including phenoxy) is 1. The van der Waals surface area contributed by atoms with Gasteiger partial charge in [0.1, 0.15) is 36.3 Å². The second-order valence-electron chi connectivity index (χ2n) is 18.7. The molecule has 1 aliphatic rings. The maximum absolute atomic E-state index is 12.7. The minimum Gasteiger partial charge on any atom is -0.790 e. The van der Waals surface area contributed by atoms with Crippen LogP contribution < -0.4 is 41.0 Å². The first-order valence-electron chi connectivity index (χ1n) is 23.2. The van der Waals surface area contributed by atoms with Crippen LogP contribution in [-0.4, -0.2) is 109 Å². The Morgan fingerprint density at radius 3 is 2.08 bits per heavy atom. The number of phosphoric ester groups is 3. The van der Waals surface area contributed by atoms with E-state index in [1.807, 2.05) is 13.8 Å². The molecule has 11 atom stereocenters. The van der Waals surface area contributed by atoms with Gasteiger partial charge < -0.3 is 78.9 Å². The number of thioether (sulfide) groups is 1. The highest BCUT2D eigenvalue weighted by Gasteiger charge is 2.47. The van der Waals surface area contributed by atoms with Crippen LogP contribution >= 0.6 is 35.2 Å². The van der Waals surface area contributed by atoms with Gasteiger partial charge in [-0.05, 0) is 30.6 Å². The molecule has 26 nitrogen and oxygen atoms in total. The molecule has 0 bridgehead atoms. The van der Waals surface area contributed by atoms with Crippen LogP contribution in [0.1, 0.15) is 118 Å². The summed E-state index contributed by atoms with van der Waals surface area (Å²) >= 11 is 1.12. The van der Waals surface area contributed by atoms with Gasteiger partial charge >= 0.3 is 0 Å². The van der Waals surface area contributed by atoms with Gasteiger partial charge in [0.15, 0.2) is 22.8 Å². The van der Waals surface area contributed by atoms with Gasteiger partial charge in [0.25, 0.3) is 15.6 Å². The van der Waals surface area contributed by atoms with Crippen LogP contribution in [0.3, 0.4) is 0 Å². The number of hydrogen-bond acceptors (Lipinski definition) is 24. The Bertz CT molecular complexity index is 2200. The fraction of sp³-hybridized carbons (Fsp3) is 0.780. The number of aliphatic carboxylic acids is 1. The number of nitrogen functional groups attached to an aromatic ring is 1. The number of nitrogens with one attached hydrogen (secondary N) is 2. The number of nitrogens with zero attached hydrogens (tertiary/aromatic N) is 4. The number of carbonyl (C=O) groups excluding carboxylic acids is 4. The Morgan fingerprint density at radius 2 is 1.48 bits per heavy atom. The van der Waals surface area contributed by atoms with Crippen LogP contribution in [0.25, 0.3) is 11.2 Å². The second-order valence-corrected chi connectivity index (χ2v) is 23.9. The third-order valence-corrected chi connectivity index (χ3v) is 15.9. The predicted molar refractivity (Wildman–Crippen MR) is 246 cm³/mol. The summed E-state index contributed by atoms with van der Waals surface area (Å²) in [6.07, 6.45) is 1.51. The maximum atomic E-state index is 12.7. The molecule has 71 heavy (non-hydrogen) atoms. The number of aliphatic hydroxyl groups excluding tert-OH is 2. The van der Waals surface area contributed by atoms with Crippen LogP contribution in [0.15, 0.2) is 12.7 Å². The fourth-order valence-electron chi connectivity index (χ4n) is 7.60. The SMILES string of the molecule is CC(CCCC(C)CCCC(C)C(=O)SCCNC(=O)CCNC(=O)C(O)C(C)(C)COP(=O)([O-])OP(=O)([O-])OC[C@H]1O[C@@H](n2cnc3c(N)ncnc32)[C@H](O)[C@@H]1OP(=O)([O-])[O-])CCCC(C)CC(=O)[O-]. The Balaban J connectivity index is 1.32. The van der Waals surface area contributed by atoms with E-state index in [-0.39, 0.29) is 59.9 Å². The van der Waals surface area contributed by atoms with E-state index in [1.54, 1.807) is 0 Å². The summed E-state index contributed by atoms with van der Waals surface area (Å²) in [7, 11) is -17.7. The van der Waals surface area contributed by atoms with Gasteiger partial charge in [-0.2, -0.15) is 0 Å². The molecule has 30 heteroatoms. The van der Waals surface area contributed by atoms with E-state index in [4.69, 9.17) is 10.5 Å². The molecule has 0 radical (unpaired) electrons. The number of carbonyl (C=O) groups is 4. The molecule has 1 fully saturated rings. The summed E-state index contributed by atoms with van der Waals surface area (Å²) in [5.74, 6) is -1.11. The number of carboxylic acids is 1. The molecule has 0 spiro atoms. The summed E-state index contributed by atoms with van der Waals surface area (Å²) in [4.78, 5) is 108. The molecule has 2 amide bonds. The number of rotatable bonds is 34. The number of carboxylic acid groups (broad SMARTS) is 1. The lowest BCUT2D eigenvalue weighted by molar-refractivity contribution is -0.347. The number of fused-ring (bicyclic) bond motifs is 1. The molecule has 3 heterocycles. The van der Waals surface area contributed by atoms with E-state index in [2.05, 4.69) is 57.3 Å². The highest BCUT2D eigenvalue weighted by molar-refractivity contribution is 8.13. The van der Waals surface area contributed by atoms with E-state index in [0.717, 1.165) is 86.8 Å². The van der Waals surface area contributed by atoms with E-state index in [0.29, 0.717) is 17.6 Å². The third-order valence-electron chi connectivity index (χ3n) is 11.8. The lowest BCUT2D eigenvalue weighted by Gasteiger charge is -2.36. The number of amides is 2. The predicted octanol–water partition coefficient (Wildman–Crippen LogP) is 0.332. The number of hydrogen-bond donors (Lipinski definition) is 5. The molecule has 2 aromatic heterocycles. The molecule has 0 aromatic carbocycles. The Labute approximate surface area is 416 Å². The summed E-state index contributed by atoms with van der Waals surface area (Å²) in [5, 5.41) is 37.2. The summed E-state index contributed by atoms with van der Waals surface area (Å²) in [6.45, 7) is 8.35. The van der Waals surface area contributed by atoms with E-state index in [9.17, 15) is 67.8 Å². The maximum Gasteiger partial charge on any atom is 0.274 e. The number of aromatic nitrogens is 4. The van der Waals surface area contributed by atoms with Crippen LogP contribution in [0, 0.1) is 29.1 Å². The van der Waals surface area contributed by atoms with Crippen LogP contribution in [0.5, 0.6) is 0 Å². The van der Waals surface area contributed by atoms with Gasteiger partial charge in [-0.1, -0.05) is 105 Å². The molecule has 0 saturated carbocycles. The zero-order chi connectivity index (χ0) is 53.3. The van der Waals surface area contributed by atoms with Crippen LogP contribution in [-0.2, 0) is 55.5 Å². The van der Waals surface area contributed by atoms with E-state index >= 15 is 0 Å². The molecule has 2 aromatic rings. The van der Waals surface area contributed by atoms with Crippen molar-refractivity contribution in [3.05, 3.63) is 12.7 Å². The first-order chi connectivity index (χ1) is 33.0. The van der Waals surface area contributed by atoms with Gasteiger partial charge in [-0.15, -0.1) is 0 Å². The van der Waals surface area contributed by atoms with Gasteiger partial charge in [-0.3, -0.25) is 28.1 Å². The van der Waals surface area contributed by atoms with Gasteiger partial charge in [0.05, 0.1) is 27.4 Å². The molecular weight excluding hydrogens is 1020 g/mol. The molecule has 3 rings (SSSR count). The van der Waals surface area contributed by atoms with Gasteiger partial charge in [0.2, 0.25) is 11.8 Å². The van der Waals surface area contributed by atoms with Gasteiger partial charge in [0, 0.05) is 42.6 Å². The van der Waals surface area contributed by atoms with Crippen molar-refractivity contribution in [3.63, 3.8) is 0 Å². The Kier molecular flexibility index (Phi) is 25.1. The lowest BCUT2D eigenvalue weighted by Crippen LogP contribution is -2.46. The summed E-state index contributed by atoms with van der Waals surface area (Å²) in [5.41, 5.74) is 4.06. The lowest BCUT2D eigenvalue weighted by atomic mass is 9.87. The minimum absolute atomic E-state index is 0.0234. The minimum atomic E-state index is -5.93. The molecule has 0 aliphatic carbocycles. The molecule has 7 unspecified atom stereocenters. The fourth-order valence-corrected chi connectivity index (χ4v) is 11.1. The standard InChI is InChI=1S/C41H72N7O19P3S/c1-25(12-8-14-27(3)20-31(50)51)10-7-11-26(2)13-9-15-28(4)40(55)71-19-18-43-30(49)16-17-44-38(54)35(53)41(5,6)22-64-70(61,62)67-69(59,60)63-21-29-34(66-68(56,57)58)33(52)39(65-29)48-24-47-32-36(42)45-23-46-37(32)48/h23-29,33-35,39,52-53H,7-22H2,1-6H3,(H,43,49)(H,44,54)(H,50,51)(H,59,60)(H,61,62)(H2,42,45,46)(H2,56,57,58)/p-5/t25?,26?,27?,28?,29-,33-,34-,35?,39-/m1/s1. The molecule has 1 aliphatic heterocycles. The van der Waals surface area contributed by atoms with E-state index < -0.39 is 90.5 Å². The third kappa shape index (κ3) is 22.2. The van der Waals surface area contributed by atoms with Gasteiger partial charge in [-0.25, -0.2) is 19.3 Å². The number of aliphatic hydroxyl groups is 2. The highest BCUT2D eigenvalue weighted by Crippen LogP contribution is 2.56. The monoisotopic (exact) mass is 1090 g/mol. The number of imidazole rings is 1. The van der Waals surface area contributed by atoms with Crippen LogP contribution in [0.2, 0.25) is 0 Å². The normalized spacial score (nSPS) is 21.4. The van der Waals surface area contributed by atoms with E-state index in [1.165, 1.54) is 13.8 Å². The van der Waals surface area contributed by atoms with Crippen molar-refractivity contribution in [1.82, 2.24) is 30.2 Å². The van der Waals surface area contributed by atoms with Crippen molar-refractivity contribution in [2.45, 2.75) is 143 Å². The number of nitrogens with two attached hydrogens (primary N) is 1. The topological polar surface area (TPSA) is 415 Å². The van der Waals surface area contributed by atoms with Crippen molar-refractivity contribution in [2.24, 2.45) is 29.1 Å².